The highest BCUT2D eigenvalue weighted by Crippen LogP contribution is 2.28. The number of thioether (sulfide) groups is 1. The number of carbonyl (C=O) groups is 1. The third kappa shape index (κ3) is 5.42. The van der Waals surface area contributed by atoms with E-state index in [1.807, 2.05) is 54.6 Å². The molecular formula is C18H14ClN3OS2. The van der Waals surface area contributed by atoms with Crippen LogP contribution in [-0.2, 0) is 4.79 Å². The average molecular weight is 388 g/mol. The van der Waals surface area contributed by atoms with Crippen LogP contribution in [0.2, 0.25) is 0 Å². The van der Waals surface area contributed by atoms with Crippen LogP contribution in [0, 0.1) is 0 Å². The first-order valence-electron chi connectivity index (χ1n) is 7.43. The van der Waals surface area contributed by atoms with Gasteiger partial charge in [-0.2, -0.15) is 5.10 Å². The molecule has 1 heterocycles. The van der Waals surface area contributed by atoms with Crippen molar-refractivity contribution in [2.75, 3.05) is 5.75 Å². The fourth-order valence-corrected chi connectivity index (χ4v) is 4.02. The van der Waals surface area contributed by atoms with Gasteiger partial charge in [-0.1, -0.05) is 65.8 Å². The fourth-order valence-electron chi connectivity index (χ4n) is 1.98. The number of fused-ring (bicyclic) bond motifs is 1. The molecule has 0 spiro atoms. The topological polar surface area (TPSA) is 54.4 Å². The SMILES string of the molecule is O=C(CSc1nc2ccccc2s1)N/N=C/C(Cl)=C/c1ccccc1. The summed E-state index contributed by atoms with van der Waals surface area (Å²) in [5.74, 6) is 0.0432. The van der Waals surface area contributed by atoms with Crippen molar-refractivity contribution in [1.82, 2.24) is 10.4 Å². The summed E-state index contributed by atoms with van der Waals surface area (Å²) in [4.78, 5) is 16.3. The van der Waals surface area contributed by atoms with Crippen molar-refractivity contribution in [2.24, 2.45) is 5.10 Å². The van der Waals surface area contributed by atoms with E-state index >= 15 is 0 Å². The Hall–Kier alpha value is -2.15. The van der Waals surface area contributed by atoms with E-state index in [0.29, 0.717) is 5.03 Å². The number of thiazole rings is 1. The quantitative estimate of drug-likeness (QED) is 0.376. The number of amides is 1. The molecule has 1 amide bonds. The van der Waals surface area contributed by atoms with Crippen molar-refractivity contribution in [1.29, 1.82) is 0 Å². The molecule has 1 N–H and O–H groups in total. The second kappa shape index (κ2) is 8.80. The normalized spacial score (nSPS) is 12.0. The minimum absolute atomic E-state index is 0.204. The van der Waals surface area contributed by atoms with Gasteiger partial charge in [-0.15, -0.1) is 11.3 Å². The summed E-state index contributed by atoms with van der Waals surface area (Å²) in [5.41, 5.74) is 4.38. The van der Waals surface area contributed by atoms with Crippen LogP contribution in [0.15, 0.2) is 69.1 Å². The number of nitrogens with one attached hydrogen (secondary N) is 1. The minimum atomic E-state index is -0.204. The molecule has 0 saturated carbocycles. The number of allylic oxidation sites excluding steroid dienone is 1. The predicted molar refractivity (Wildman–Crippen MR) is 107 cm³/mol. The van der Waals surface area contributed by atoms with E-state index in [1.165, 1.54) is 18.0 Å². The van der Waals surface area contributed by atoms with Gasteiger partial charge >= 0.3 is 0 Å². The molecule has 126 valence electrons. The lowest BCUT2D eigenvalue weighted by atomic mass is 10.2. The van der Waals surface area contributed by atoms with Crippen LogP contribution in [0.3, 0.4) is 0 Å². The van der Waals surface area contributed by atoms with Gasteiger partial charge in [0, 0.05) is 0 Å². The molecule has 0 fully saturated rings. The van der Waals surface area contributed by atoms with Crippen molar-refractivity contribution < 1.29 is 4.79 Å². The first-order valence-corrected chi connectivity index (χ1v) is 9.61. The van der Waals surface area contributed by atoms with Crippen LogP contribution in [0.5, 0.6) is 0 Å². The molecule has 0 aliphatic heterocycles. The van der Waals surface area contributed by atoms with E-state index in [4.69, 9.17) is 11.6 Å². The van der Waals surface area contributed by atoms with E-state index < -0.39 is 0 Å². The molecular weight excluding hydrogens is 374 g/mol. The molecule has 1 aromatic heterocycles. The standard InChI is InChI=1S/C18H14ClN3OS2/c19-14(10-13-6-2-1-3-7-13)11-20-22-17(23)12-24-18-21-15-8-4-5-9-16(15)25-18/h1-11H,12H2,(H,22,23)/b14-10-,20-11+. The van der Waals surface area contributed by atoms with Gasteiger partial charge in [0.25, 0.3) is 5.91 Å². The van der Waals surface area contributed by atoms with Gasteiger partial charge in [0.1, 0.15) is 0 Å². The Labute approximate surface area is 158 Å². The van der Waals surface area contributed by atoms with Crippen LogP contribution < -0.4 is 5.43 Å². The third-order valence-corrected chi connectivity index (χ3v) is 5.47. The minimum Gasteiger partial charge on any atom is -0.272 e. The zero-order valence-corrected chi connectivity index (χ0v) is 15.4. The number of halogens is 1. The molecule has 3 rings (SSSR count). The highest BCUT2D eigenvalue weighted by molar-refractivity contribution is 8.01. The van der Waals surface area contributed by atoms with Crippen molar-refractivity contribution in [2.45, 2.75) is 4.34 Å². The lowest BCUT2D eigenvalue weighted by Crippen LogP contribution is -2.19. The van der Waals surface area contributed by atoms with Gasteiger partial charge in [0.15, 0.2) is 4.34 Å². The number of hydrogen-bond acceptors (Lipinski definition) is 5. The van der Waals surface area contributed by atoms with Crippen LogP contribution in [0.4, 0.5) is 0 Å². The first kappa shape index (κ1) is 17.7. The Balaban J connectivity index is 1.48. The monoisotopic (exact) mass is 387 g/mol. The number of hydrazone groups is 1. The number of hydrogen-bond donors (Lipinski definition) is 1. The maximum Gasteiger partial charge on any atom is 0.250 e. The highest BCUT2D eigenvalue weighted by Gasteiger charge is 2.06. The molecule has 0 unspecified atom stereocenters. The largest absolute Gasteiger partial charge is 0.272 e. The van der Waals surface area contributed by atoms with Crippen LogP contribution in [-0.4, -0.2) is 22.9 Å². The summed E-state index contributed by atoms with van der Waals surface area (Å²) >= 11 is 9.03. The second-order valence-electron chi connectivity index (χ2n) is 4.97. The molecule has 4 nitrogen and oxygen atoms in total. The summed E-state index contributed by atoms with van der Waals surface area (Å²) in [6, 6.07) is 17.6. The molecule has 3 aromatic rings. The Morgan fingerprint density at radius 2 is 1.96 bits per heavy atom. The maximum atomic E-state index is 11.8. The summed E-state index contributed by atoms with van der Waals surface area (Å²) in [6.45, 7) is 0. The molecule has 25 heavy (non-hydrogen) atoms. The first-order chi connectivity index (χ1) is 12.2. The number of carbonyl (C=O) groups excluding carboxylic acids is 1. The summed E-state index contributed by atoms with van der Waals surface area (Å²) in [6.07, 6.45) is 3.18. The zero-order valence-electron chi connectivity index (χ0n) is 13.1. The molecule has 0 aliphatic rings. The van der Waals surface area contributed by atoms with Crippen molar-refractivity contribution in [3.8, 4) is 0 Å². The van der Waals surface area contributed by atoms with Crippen molar-refractivity contribution >= 4 is 63.1 Å². The van der Waals surface area contributed by atoms with E-state index in [1.54, 1.807) is 17.4 Å². The van der Waals surface area contributed by atoms with Gasteiger partial charge in [-0.05, 0) is 23.8 Å². The van der Waals surface area contributed by atoms with E-state index in [9.17, 15) is 4.79 Å². The number of para-hydroxylation sites is 1. The number of nitrogens with zero attached hydrogens (tertiary/aromatic N) is 2. The Kier molecular flexibility index (Phi) is 6.22. The van der Waals surface area contributed by atoms with Gasteiger partial charge in [-0.25, -0.2) is 10.4 Å². The van der Waals surface area contributed by atoms with Gasteiger partial charge < -0.3 is 0 Å². The molecule has 0 atom stereocenters. The fraction of sp³-hybridized carbons (Fsp3) is 0.0556. The Morgan fingerprint density at radius 3 is 2.76 bits per heavy atom. The zero-order chi connectivity index (χ0) is 17.5. The lowest BCUT2D eigenvalue weighted by Gasteiger charge is -1.97. The van der Waals surface area contributed by atoms with E-state index in [-0.39, 0.29) is 11.7 Å². The predicted octanol–water partition coefficient (Wildman–Crippen LogP) is 4.77. The number of rotatable bonds is 6. The van der Waals surface area contributed by atoms with Crippen LogP contribution in [0.25, 0.3) is 16.3 Å². The number of benzene rings is 2. The second-order valence-corrected chi connectivity index (χ2v) is 7.66. The molecule has 0 radical (unpaired) electrons. The summed E-state index contributed by atoms with van der Waals surface area (Å²) < 4.78 is 1.98. The average Bonchev–Trinajstić information content (AvgIpc) is 3.04. The van der Waals surface area contributed by atoms with Gasteiger partial charge in [0.2, 0.25) is 0 Å². The molecule has 0 aliphatic carbocycles. The van der Waals surface area contributed by atoms with E-state index in [2.05, 4.69) is 15.5 Å². The maximum absolute atomic E-state index is 11.8. The lowest BCUT2D eigenvalue weighted by molar-refractivity contribution is -0.118. The highest BCUT2D eigenvalue weighted by atomic mass is 35.5. The summed E-state index contributed by atoms with van der Waals surface area (Å²) in [7, 11) is 0. The molecule has 7 heteroatoms. The summed E-state index contributed by atoms with van der Waals surface area (Å²) in [5, 5.41) is 4.30. The van der Waals surface area contributed by atoms with Gasteiger partial charge in [0.05, 0.1) is 27.2 Å². The third-order valence-electron chi connectivity index (χ3n) is 3.08. The molecule has 2 aromatic carbocycles. The Morgan fingerprint density at radius 1 is 1.20 bits per heavy atom. The van der Waals surface area contributed by atoms with Crippen molar-refractivity contribution in [3.05, 3.63) is 65.2 Å². The van der Waals surface area contributed by atoms with E-state index in [0.717, 1.165) is 20.1 Å². The van der Waals surface area contributed by atoms with Crippen molar-refractivity contribution in [3.63, 3.8) is 0 Å². The van der Waals surface area contributed by atoms with Gasteiger partial charge in [-0.3, -0.25) is 4.79 Å². The number of aromatic nitrogens is 1. The smallest absolute Gasteiger partial charge is 0.250 e. The Bertz CT molecular complexity index is 889. The molecule has 0 bridgehead atoms. The molecule has 0 saturated heterocycles. The van der Waals surface area contributed by atoms with Crippen LogP contribution in [0.1, 0.15) is 5.56 Å². The van der Waals surface area contributed by atoms with Crippen LogP contribution >= 0.6 is 34.7 Å².